The predicted octanol–water partition coefficient (Wildman–Crippen LogP) is 1.21. The lowest BCUT2D eigenvalue weighted by atomic mass is 10.1. The minimum Gasteiger partial charge on any atom is -0.394 e. The Balaban J connectivity index is 1.58. The van der Waals surface area contributed by atoms with Crippen molar-refractivity contribution in [2.75, 3.05) is 13.2 Å². The molecule has 3 rings (SSSR count). The minimum absolute atomic E-state index is 0.144. The van der Waals surface area contributed by atoms with Gasteiger partial charge in [-0.3, -0.25) is 9.58 Å². The van der Waals surface area contributed by atoms with Gasteiger partial charge in [-0.05, 0) is 40.0 Å². The van der Waals surface area contributed by atoms with E-state index in [0.29, 0.717) is 18.6 Å². The van der Waals surface area contributed by atoms with Gasteiger partial charge in [-0.1, -0.05) is 0 Å². The SMILES string of the molecule is Cc1nn(CCO)c(C)c1CNC1CC(C)N(C2CC2)C1. The average molecular weight is 292 g/mol. The second-order valence-corrected chi connectivity index (χ2v) is 6.69. The third-order valence-electron chi connectivity index (χ3n) is 5.05. The van der Waals surface area contributed by atoms with Crippen LogP contribution in [0.25, 0.3) is 0 Å². The molecule has 2 atom stereocenters. The number of nitrogens with zero attached hydrogens (tertiary/aromatic N) is 3. The molecule has 0 bridgehead atoms. The molecule has 1 saturated carbocycles. The molecule has 2 heterocycles. The first-order valence-electron chi connectivity index (χ1n) is 8.23. The van der Waals surface area contributed by atoms with E-state index in [1.165, 1.54) is 37.1 Å². The second kappa shape index (κ2) is 6.07. The molecule has 0 aromatic carbocycles. The molecule has 5 heteroatoms. The predicted molar refractivity (Wildman–Crippen MR) is 83.2 cm³/mol. The maximum absolute atomic E-state index is 9.08. The van der Waals surface area contributed by atoms with Crippen LogP contribution in [0.15, 0.2) is 0 Å². The highest BCUT2D eigenvalue weighted by molar-refractivity contribution is 5.24. The first-order chi connectivity index (χ1) is 10.1. The Morgan fingerprint density at radius 3 is 2.76 bits per heavy atom. The van der Waals surface area contributed by atoms with E-state index in [4.69, 9.17) is 5.11 Å². The summed E-state index contributed by atoms with van der Waals surface area (Å²) in [7, 11) is 0. The highest BCUT2D eigenvalue weighted by Gasteiger charge is 2.38. The lowest BCUT2D eigenvalue weighted by Crippen LogP contribution is -2.34. The molecular formula is C16H28N4O. The van der Waals surface area contributed by atoms with Crippen LogP contribution in [0.4, 0.5) is 0 Å². The Kier molecular flexibility index (Phi) is 4.33. The van der Waals surface area contributed by atoms with Crippen LogP contribution in [0.1, 0.15) is 43.1 Å². The highest BCUT2D eigenvalue weighted by atomic mass is 16.3. The molecule has 2 N–H and O–H groups in total. The topological polar surface area (TPSA) is 53.3 Å². The molecular weight excluding hydrogens is 264 g/mol. The van der Waals surface area contributed by atoms with Crippen molar-refractivity contribution in [1.29, 1.82) is 0 Å². The first kappa shape index (κ1) is 15.0. The molecule has 1 aromatic heterocycles. The monoisotopic (exact) mass is 292 g/mol. The molecule has 0 spiro atoms. The van der Waals surface area contributed by atoms with Crippen molar-refractivity contribution in [3.63, 3.8) is 0 Å². The van der Waals surface area contributed by atoms with Gasteiger partial charge in [-0.2, -0.15) is 5.10 Å². The van der Waals surface area contributed by atoms with Gasteiger partial charge < -0.3 is 10.4 Å². The lowest BCUT2D eigenvalue weighted by Gasteiger charge is -2.19. The van der Waals surface area contributed by atoms with E-state index in [-0.39, 0.29) is 6.61 Å². The lowest BCUT2D eigenvalue weighted by molar-refractivity contribution is 0.255. The number of aryl methyl sites for hydroxylation is 1. The van der Waals surface area contributed by atoms with E-state index >= 15 is 0 Å². The molecule has 5 nitrogen and oxygen atoms in total. The maximum Gasteiger partial charge on any atom is 0.0644 e. The summed E-state index contributed by atoms with van der Waals surface area (Å²) in [6.07, 6.45) is 4.03. The summed E-state index contributed by atoms with van der Waals surface area (Å²) in [5, 5.41) is 17.3. The van der Waals surface area contributed by atoms with Crippen LogP contribution in [-0.2, 0) is 13.1 Å². The van der Waals surface area contributed by atoms with Crippen molar-refractivity contribution < 1.29 is 5.11 Å². The van der Waals surface area contributed by atoms with Crippen molar-refractivity contribution in [1.82, 2.24) is 20.0 Å². The summed E-state index contributed by atoms with van der Waals surface area (Å²) in [6, 6.07) is 2.18. The van der Waals surface area contributed by atoms with Crippen molar-refractivity contribution in [2.24, 2.45) is 0 Å². The molecule has 2 fully saturated rings. The molecule has 21 heavy (non-hydrogen) atoms. The van der Waals surface area contributed by atoms with Gasteiger partial charge in [0, 0.05) is 42.5 Å². The molecule has 0 amide bonds. The van der Waals surface area contributed by atoms with Crippen LogP contribution in [0, 0.1) is 13.8 Å². The van der Waals surface area contributed by atoms with E-state index in [9.17, 15) is 0 Å². The van der Waals surface area contributed by atoms with Gasteiger partial charge in [0.2, 0.25) is 0 Å². The van der Waals surface area contributed by atoms with Crippen molar-refractivity contribution >= 4 is 0 Å². The summed E-state index contributed by atoms with van der Waals surface area (Å²) in [6.45, 7) is 9.32. The second-order valence-electron chi connectivity index (χ2n) is 6.69. The molecule has 1 aromatic rings. The Bertz CT molecular complexity index is 495. The summed E-state index contributed by atoms with van der Waals surface area (Å²) in [4.78, 5) is 2.67. The molecule has 118 valence electrons. The normalized spacial score (nSPS) is 26.7. The van der Waals surface area contributed by atoms with E-state index in [0.717, 1.165) is 18.3 Å². The van der Waals surface area contributed by atoms with E-state index in [1.807, 2.05) is 4.68 Å². The first-order valence-corrected chi connectivity index (χ1v) is 8.23. The molecule has 2 aliphatic rings. The fraction of sp³-hybridized carbons (Fsp3) is 0.812. The molecule has 1 aliphatic carbocycles. The van der Waals surface area contributed by atoms with Crippen LogP contribution in [-0.4, -0.2) is 51.1 Å². The summed E-state index contributed by atoms with van der Waals surface area (Å²) >= 11 is 0. The van der Waals surface area contributed by atoms with E-state index < -0.39 is 0 Å². The number of aliphatic hydroxyl groups excluding tert-OH is 1. The standard InChI is InChI=1S/C16H28N4O/c1-11-8-14(10-19(11)15-4-5-15)17-9-16-12(2)18-20(6-7-21)13(16)3/h11,14-15,17,21H,4-10H2,1-3H3. The van der Waals surface area contributed by atoms with Crippen LogP contribution in [0.3, 0.4) is 0 Å². The Morgan fingerprint density at radius 1 is 1.33 bits per heavy atom. The number of nitrogens with one attached hydrogen (secondary N) is 1. The Hall–Kier alpha value is -0.910. The molecule has 0 radical (unpaired) electrons. The summed E-state index contributed by atoms with van der Waals surface area (Å²) in [5.74, 6) is 0. The van der Waals surface area contributed by atoms with Gasteiger partial charge in [0.25, 0.3) is 0 Å². The van der Waals surface area contributed by atoms with Gasteiger partial charge in [0.05, 0.1) is 18.8 Å². The highest BCUT2D eigenvalue weighted by Crippen LogP contribution is 2.33. The minimum atomic E-state index is 0.144. The smallest absolute Gasteiger partial charge is 0.0644 e. The number of rotatable bonds is 6. The number of aliphatic hydroxyl groups is 1. The third kappa shape index (κ3) is 3.15. The maximum atomic E-state index is 9.08. The average Bonchev–Trinajstić information content (AvgIpc) is 3.16. The van der Waals surface area contributed by atoms with Crippen molar-refractivity contribution in [3.05, 3.63) is 17.0 Å². The third-order valence-corrected chi connectivity index (χ3v) is 5.05. The Morgan fingerprint density at radius 2 is 2.10 bits per heavy atom. The van der Waals surface area contributed by atoms with Gasteiger partial charge in [0.15, 0.2) is 0 Å². The largest absolute Gasteiger partial charge is 0.394 e. The number of likely N-dealkylation sites (tertiary alicyclic amines) is 1. The summed E-state index contributed by atoms with van der Waals surface area (Å²) in [5.41, 5.74) is 3.55. The van der Waals surface area contributed by atoms with Gasteiger partial charge in [0.1, 0.15) is 0 Å². The van der Waals surface area contributed by atoms with E-state index in [1.54, 1.807) is 0 Å². The van der Waals surface area contributed by atoms with Gasteiger partial charge in [-0.15, -0.1) is 0 Å². The van der Waals surface area contributed by atoms with Crippen LogP contribution < -0.4 is 5.32 Å². The molecule has 1 aliphatic heterocycles. The number of hydrogen-bond acceptors (Lipinski definition) is 4. The van der Waals surface area contributed by atoms with Crippen LogP contribution in [0.2, 0.25) is 0 Å². The van der Waals surface area contributed by atoms with Gasteiger partial charge >= 0.3 is 0 Å². The van der Waals surface area contributed by atoms with Gasteiger partial charge in [-0.25, -0.2) is 0 Å². The zero-order valence-electron chi connectivity index (χ0n) is 13.5. The molecule has 2 unspecified atom stereocenters. The zero-order chi connectivity index (χ0) is 15.0. The van der Waals surface area contributed by atoms with Crippen molar-refractivity contribution in [3.8, 4) is 0 Å². The van der Waals surface area contributed by atoms with E-state index in [2.05, 4.69) is 36.1 Å². The number of aromatic nitrogens is 2. The fourth-order valence-electron chi connectivity index (χ4n) is 3.67. The number of hydrogen-bond donors (Lipinski definition) is 2. The zero-order valence-corrected chi connectivity index (χ0v) is 13.5. The molecule has 1 saturated heterocycles. The fourth-order valence-corrected chi connectivity index (χ4v) is 3.67. The van der Waals surface area contributed by atoms with Crippen LogP contribution in [0.5, 0.6) is 0 Å². The van der Waals surface area contributed by atoms with Crippen LogP contribution >= 0.6 is 0 Å². The Labute approximate surface area is 127 Å². The van der Waals surface area contributed by atoms with Crippen molar-refractivity contribution in [2.45, 2.75) is 71.2 Å². The summed E-state index contributed by atoms with van der Waals surface area (Å²) < 4.78 is 1.92. The quantitative estimate of drug-likeness (QED) is 0.827.